The van der Waals surface area contributed by atoms with Gasteiger partial charge in [-0.05, 0) is 50.3 Å². The van der Waals surface area contributed by atoms with Gasteiger partial charge >= 0.3 is 0 Å². The van der Waals surface area contributed by atoms with Gasteiger partial charge in [-0.1, -0.05) is 29.5 Å². The second kappa shape index (κ2) is 7.62. The lowest BCUT2D eigenvalue weighted by Crippen LogP contribution is -2.22. The molecule has 1 aromatic carbocycles. The zero-order valence-electron chi connectivity index (χ0n) is 15.5. The topological polar surface area (TPSA) is 95.1 Å². The van der Waals surface area contributed by atoms with E-state index in [1.54, 1.807) is 15.9 Å². The van der Waals surface area contributed by atoms with Crippen LogP contribution in [0.3, 0.4) is 0 Å². The van der Waals surface area contributed by atoms with Crippen molar-refractivity contribution in [3.63, 3.8) is 0 Å². The molecular weight excluding hydrogens is 414 g/mol. The van der Waals surface area contributed by atoms with Crippen molar-refractivity contribution in [3.05, 3.63) is 50.6 Å². The summed E-state index contributed by atoms with van der Waals surface area (Å²) < 4.78 is 24.0. The first-order chi connectivity index (χ1) is 13.3. The number of hydrogen-bond donors (Lipinski definition) is 1. The lowest BCUT2D eigenvalue weighted by molar-refractivity contribution is 0.596. The molecule has 0 amide bonds. The highest BCUT2D eigenvalue weighted by atomic mass is 32.2. The molecule has 1 aliphatic carbocycles. The van der Waals surface area contributed by atoms with Crippen molar-refractivity contribution in [1.29, 1.82) is 0 Å². The van der Waals surface area contributed by atoms with Gasteiger partial charge in [0.2, 0.25) is 10.0 Å². The van der Waals surface area contributed by atoms with Gasteiger partial charge in [0.15, 0.2) is 5.16 Å². The maximum atomic E-state index is 13.4. The number of thioether (sulfide) groups is 1. The smallest absolute Gasteiger partial charge is 0.267 e. The molecule has 6 nitrogen and oxygen atoms in total. The minimum Gasteiger partial charge on any atom is -0.268 e. The van der Waals surface area contributed by atoms with Crippen molar-refractivity contribution in [1.82, 2.24) is 9.55 Å². The SMILES string of the molecule is Cc1ccc(-n2c(SCCCS(N)(=O)=O)nc3sc4c(c3c2=O)CCC4)cc1. The summed E-state index contributed by atoms with van der Waals surface area (Å²) in [6, 6.07) is 7.79. The molecule has 4 rings (SSSR count). The molecular formula is C19H21N3O3S3. The number of aromatic nitrogens is 2. The Morgan fingerprint density at radius 3 is 2.71 bits per heavy atom. The minimum absolute atomic E-state index is 0.0396. The highest BCUT2D eigenvalue weighted by Crippen LogP contribution is 2.36. The standard InChI is InChI=1S/C19H21N3O3S3/c1-12-6-8-13(9-7-12)22-18(23)16-14-4-2-5-15(14)27-17(16)21-19(22)26-10-3-11-28(20,24)25/h6-9H,2-5,10-11H2,1H3,(H2,20,24,25). The van der Waals surface area contributed by atoms with Crippen molar-refractivity contribution >= 4 is 43.3 Å². The molecule has 0 saturated carbocycles. The Bertz CT molecular complexity index is 1200. The van der Waals surface area contributed by atoms with Crippen LogP contribution in [0, 0.1) is 6.92 Å². The van der Waals surface area contributed by atoms with Crippen molar-refractivity contribution in [3.8, 4) is 5.69 Å². The molecule has 0 unspecified atom stereocenters. The predicted molar refractivity (Wildman–Crippen MR) is 115 cm³/mol. The Labute approximate surface area is 171 Å². The van der Waals surface area contributed by atoms with E-state index in [2.05, 4.69) is 0 Å². The van der Waals surface area contributed by atoms with Crippen LogP contribution in [0.2, 0.25) is 0 Å². The van der Waals surface area contributed by atoms with Gasteiger partial charge in [0.05, 0.1) is 16.8 Å². The summed E-state index contributed by atoms with van der Waals surface area (Å²) in [6.45, 7) is 2.00. The Kier molecular flexibility index (Phi) is 5.34. The molecule has 0 atom stereocenters. The van der Waals surface area contributed by atoms with Crippen molar-refractivity contribution in [2.45, 2.75) is 37.8 Å². The minimum atomic E-state index is -3.49. The van der Waals surface area contributed by atoms with E-state index in [0.717, 1.165) is 46.3 Å². The van der Waals surface area contributed by atoms with E-state index in [-0.39, 0.29) is 11.3 Å². The Hall–Kier alpha value is -1.68. The lowest BCUT2D eigenvalue weighted by atomic mass is 10.2. The van der Waals surface area contributed by atoms with E-state index < -0.39 is 10.0 Å². The quantitative estimate of drug-likeness (QED) is 0.365. The van der Waals surface area contributed by atoms with E-state index in [1.165, 1.54) is 16.6 Å². The third kappa shape index (κ3) is 3.89. The van der Waals surface area contributed by atoms with Crippen LogP contribution in [0.15, 0.2) is 34.2 Å². The summed E-state index contributed by atoms with van der Waals surface area (Å²) in [7, 11) is -3.49. The first kappa shape index (κ1) is 19.6. The fourth-order valence-electron chi connectivity index (χ4n) is 3.47. The number of thiophene rings is 1. The molecule has 1 aliphatic rings. The molecule has 2 heterocycles. The van der Waals surface area contributed by atoms with Gasteiger partial charge in [-0.15, -0.1) is 11.3 Å². The monoisotopic (exact) mass is 435 g/mol. The molecule has 2 aromatic heterocycles. The highest BCUT2D eigenvalue weighted by molar-refractivity contribution is 7.99. The summed E-state index contributed by atoms with van der Waals surface area (Å²) in [5, 5.41) is 6.42. The molecule has 0 radical (unpaired) electrons. The number of hydrogen-bond acceptors (Lipinski definition) is 6. The molecule has 0 aliphatic heterocycles. The van der Waals surface area contributed by atoms with E-state index >= 15 is 0 Å². The van der Waals surface area contributed by atoms with Crippen LogP contribution in [-0.4, -0.2) is 29.5 Å². The van der Waals surface area contributed by atoms with E-state index in [0.29, 0.717) is 17.3 Å². The van der Waals surface area contributed by atoms with Crippen LogP contribution in [0.5, 0.6) is 0 Å². The second-order valence-electron chi connectivity index (χ2n) is 6.98. The van der Waals surface area contributed by atoms with Gasteiger partial charge in [-0.25, -0.2) is 18.5 Å². The molecule has 148 valence electrons. The summed E-state index contributed by atoms with van der Waals surface area (Å²) in [5.41, 5.74) is 3.01. The molecule has 0 fully saturated rings. The number of rotatable bonds is 6. The number of sulfonamides is 1. The van der Waals surface area contributed by atoms with Crippen LogP contribution in [0.4, 0.5) is 0 Å². The third-order valence-electron chi connectivity index (χ3n) is 4.80. The zero-order chi connectivity index (χ0) is 19.9. The van der Waals surface area contributed by atoms with E-state index in [1.807, 2.05) is 31.2 Å². The Morgan fingerprint density at radius 1 is 1.25 bits per heavy atom. The maximum absolute atomic E-state index is 13.4. The van der Waals surface area contributed by atoms with Gasteiger partial charge < -0.3 is 0 Å². The van der Waals surface area contributed by atoms with Crippen molar-refractivity contribution < 1.29 is 8.42 Å². The first-order valence-electron chi connectivity index (χ1n) is 9.11. The van der Waals surface area contributed by atoms with Crippen molar-refractivity contribution in [2.75, 3.05) is 11.5 Å². The van der Waals surface area contributed by atoms with Crippen LogP contribution in [0.25, 0.3) is 15.9 Å². The summed E-state index contributed by atoms with van der Waals surface area (Å²) >= 11 is 3.01. The zero-order valence-corrected chi connectivity index (χ0v) is 17.9. The normalized spacial score (nSPS) is 13.9. The largest absolute Gasteiger partial charge is 0.268 e. The number of benzene rings is 1. The van der Waals surface area contributed by atoms with Crippen LogP contribution >= 0.6 is 23.1 Å². The molecule has 2 N–H and O–H groups in total. The number of fused-ring (bicyclic) bond motifs is 3. The van der Waals surface area contributed by atoms with Gasteiger partial charge in [-0.2, -0.15) is 0 Å². The molecule has 28 heavy (non-hydrogen) atoms. The van der Waals surface area contributed by atoms with Gasteiger partial charge in [-0.3, -0.25) is 9.36 Å². The fourth-order valence-corrected chi connectivity index (χ4v) is 6.45. The van der Waals surface area contributed by atoms with E-state index in [9.17, 15) is 13.2 Å². The molecule has 0 bridgehead atoms. The van der Waals surface area contributed by atoms with Gasteiger partial charge in [0, 0.05) is 10.6 Å². The number of nitrogens with zero attached hydrogens (tertiary/aromatic N) is 2. The van der Waals surface area contributed by atoms with Crippen molar-refractivity contribution in [2.24, 2.45) is 5.14 Å². The second-order valence-corrected chi connectivity index (χ2v) is 10.9. The van der Waals surface area contributed by atoms with E-state index in [4.69, 9.17) is 10.1 Å². The number of nitrogens with two attached hydrogens (primary N) is 1. The fraction of sp³-hybridized carbons (Fsp3) is 0.368. The average Bonchev–Trinajstić information content (AvgIpc) is 3.20. The predicted octanol–water partition coefficient (Wildman–Crippen LogP) is 3.02. The number of primary sulfonamides is 1. The summed E-state index contributed by atoms with van der Waals surface area (Å²) in [4.78, 5) is 20.3. The molecule has 9 heteroatoms. The lowest BCUT2D eigenvalue weighted by Gasteiger charge is -2.12. The Morgan fingerprint density at radius 2 is 2.00 bits per heavy atom. The van der Waals surface area contributed by atoms with Gasteiger partial charge in [0.1, 0.15) is 4.83 Å². The maximum Gasteiger partial charge on any atom is 0.267 e. The highest BCUT2D eigenvalue weighted by Gasteiger charge is 2.23. The van der Waals surface area contributed by atoms with Crippen LogP contribution in [-0.2, 0) is 22.9 Å². The third-order valence-corrected chi connectivity index (χ3v) is 7.87. The van der Waals surface area contributed by atoms with Gasteiger partial charge in [0.25, 0.3) is 5.56 Å². The molecule has 0 spiro atoms. The summed E-state index contributed by atoms with van der Waals surface area (Å²) in [5.74, 6) is 0.440. The van der Waals surface area contributed by atoms with Crippen LogP contribution < -0.4 is 10.7 Å². The molecule has 0 saturated heterocycles. The molecule has 3 aromatic rings. The first-order valence-corrected chi connectivity index (χ1v) is 12.6. The number of aryl methyl sites for hydroxylation is 3. The summed E-state index contributed by atoms with van der Waals surface area (Å²) in [6.07, 6.45) is 3.44. The van der Waals surface area contributed by atoms with Crippen LogP contribution in [0.1, 0.15) is 28.8 Å². The Balaban J connectivity index is 1.79. The average molecular weight is 436 g/mol.